The van der Waals surface area contributed by atoms with Gasteiger partial charge in [-0.05, 0) is 6.42 Å². The van der Waals surface area contributed by atoms with Gasteiger partial charge in [-0.25, -0.2) is 0 Å². The number of rotatable bonds is 3. The van der Waals surface area contributed by atoms with E-state index in [1.165, 1.54) is 0 Å². The van der Waals surface area contributed by atoms with E-state index in [1.807, 2.05) is 0 Å². The van der Waals surface area contributed by atoms with Gasteiger partial charge in [0.15, 0.2) is 0 Å². The number of aliphatic hydroxyl groups excluding tert-OH is 2. The van der Waals surface area contributed by atoms with E-state index in [0.29, 0.717) is 12.7 Å². The summed E-state index contributed by atoms with van der Waals surface area (Å²) in [5.74, 6) is 0. The van der Waals surface area contributed by atoms with Gasteiger partial charge in [-0.3, -0.25) is 5.32 Å². The normalized spacial score (nSPS) is 36.3. The molecule has 0 bridgehead atoms. The van der Waals surface area contributed by atoms with E-state index in [-0.39, 0.29) is 13.3 Å². The van der Waals surface area contributed by atoms with Gasteiger partial charge in [0.25, 0.3) is 0 Å². The first kappa shape index (κ1) is 9.60. The van der Waals surface area contributed by atoms with Gasteiger partial charge >= 0.3 is 0 Å². The topological polar surface area (TPSA) is 78.8 Å². The van der Waals surface area contributed by atoms with Crippen LogP contribution >= 0.6 is 0 Å². The molecule has 0 saturated carbocycles. The predicted octanol–water partition coefficient (Wildman–Crippen LogP) is -1.76. The maximum Gasteiger partial charge on any atom is 0.139 e. The second-order valence-corrected chi connectivity index (χ2v) is 2.72. The second kappa shape index (κ2) is 4.51. The number of hydrogen-bond acceptors (Lipinski definition) is 5. The highest BCUT2D eigenvalue weighted by atomic mass is 16.5. The fourth-order valence-corrected chi connectivity index (χ4v) is 1.21. The van der Waals surface area contributed by atoms with Gasteiger partial charge in [0.1, 0.15) is 12.4 Å². The third kappa shape index (κ3) is 2.01. The molecule has 0 aromatic carbocycles. The van der Waals surface area contributed by atoms with Gasteiger partial charge in [0.05, 0.1) is 18.9 Å². The predicted molar refractivity (Wildman–Crippen MR) is 40.4 cm³/mol. The first-order valence-corrected chi connectivity index (χ1v) is 3.88. The van der Waals surface area contributed by atoms with Gasteiger partial charge in [-0.2, -0.15) is 0 Å². The molecule has 1 rings (SSSR count). The van der Waals surface area contributed by atoms with Crippen molar-refractivity contribution in [2.75, 3.05) is 13.3 Å². The minimum atomic E-state index is -0.858. The lowest BCUT2D eigenvalue weighted by Crippen LogP contribution is -2.54. The molecular formula is C7H13NO4. The van der Waals surface area contributed by atoms with Crippen LogP contribution in [0.4, 0.5) is 0 Å². The highest BCUT2D eigenvalue weighted by Gasteiger charge is 2.31. The van der Waals surface area contributed by atoms with E-state index in [9.17, 15) is 9.90 Å². The number of carbonyl (C=O) groups is 1. The maximum atomic E-state index is 10.4. The molecule has 70 valence electrons. The summed E-state index contributed by atoms with van der Waals surface area (Å²) in [6.45, 7) is 0.193. The van der Waals surface area contributed by atoms with Crippen LogP contribution in [0, 0.1) is 0 Å². The molecule has 1 fully saturated rings. The molecule has 0 aromatic rings. The highest BCUT2D eigenvalue weighted by Crippen LogP contribution is 2.11. The Labute approximate surface area is 70.3 Å². The number of ether oxygens (including phenoxy) is 1. The van der Waals surface area contributed by atoms with E-state index in [2.05, 4.69) is 5.32 Å². The lowest BCUT2D eigenvalue weighted by atomic mass is 10.0. The summed E-state index contributed by atoms with van der Waals surface area (Å²) in [7, 11) is 0. The van der Waals surface area contributed by atoms with Crippen molar-refractivity contribution < 1.29 is 19.7 Å². The molecule has 5 heteroatoms. The van der Waals surface area contributed by atoms with Crippen LogP contribution in [0.5, 0.6) is 0 Å². The third-order valence-corrected chi connectivity index (χ3v) is 1.93. The molecule has 0 aromatic heterocycles. The van der Waals surface area contributed by atoms with Crippen LogP contribution in [-0.4, -0.2) is 48.1 Å². The number of aliphatic hydroxyl groups is 2. The van der Waals surface area contributed by atoms with E-state index in [0.717, 1.165) is 0 Å². The molecule has 0 radical (unpaired) electrons. The summed E-state index contributed by atoms with van der Waals surface area (Å²) in [4.78, 5) is 10.4. The van der Waals surface area contributed by atoms with Gasteiger partial charge in [-0.1, -0.05) is 0 Å². The molecule has 12 heavy (non-hydrogen) atoms. The fourth-order valence-electron chi connectivity index (χ4n) is 1.21. The molecule has 3 atom stereocenters. The minimum absolute atomic E-state index is 0.0483. The molecule has 1 saturated heterocycles. The van der Waals surface area contributed by atoms with E-state index < -0.39 is 18.2 Å². The lowest BCUT2D eigenvalue weighted by molar-refractivity contribution is -0.130. The van der Waals surface area contributed by atoms with Gasteiger partial charge in [-0.15, -0.1) is 0 Å². The van der Waals surface area contributed by atoms with Crippen molar-refractivity contribution in [3.05, 3.63) is 0 Å². The first-order valence-electron chi connectivity index (χ1n) is 3.88. The van der Waals surface area contributed by atoms with E-state index in [4.69, 9.17) is 9.84 Å². The largest absolute Gasteiger partial charge is 0.396 e. The summed E-state index contributed by atoms with van der Waals surface area (Å²) >= 11 is 0. The average molecular weight is 175 g/mol. The van der Waals surface area contributed by atoms with Crippen LogP contribution in [0.15, 0.2) is 0 Å². The SMILES string of the molecule is O=C[C@@H]1NCO[C@H](CCO)[C@@H]1O. The zero-order valence-corrected chi connectivity index (χ0v) is 6.64. The average Bonchev–Trinajstić information content (AvgIpc) is 2.09. The van der Waals surface area contributed by atoms with Crippen molar-refractivity contribution in [3.63, 3.8) is 0 Å². The molecule has 1 heterocycles. The summed E-state index contributed by atoms with van der Waals surface area (Å²) in [5.41, 5.74) is 0. The Balaban J connectivity index is 2.46. The Kier molecular flexibility index (Phi) is 3.61. The van der Waals surface area contributed by atoms with Crippen LogP contribution in [0.25, 0.3) is 0 Å². The number of carbonyl (C=O) groups excluding carboxylic acids is 1. The third-order valence-electron chi connectivity index (χ3n) is 1.93. The van der Waals surface area contributed by atoms with Crippen molar-refractivity contribution in [2.45, 2.75) is 24.7 Å². The molecule has 0 unspecified atom stereocenters. The lowest BCUT2D eigenvalue weighted by Gasteiger charge is -2.32. The highest BCUT2D eigenvalue weighted by molar-refractivity contribution is 5.59. The number of aldehydes is 1. The van der Waals surface area contributed by atoms with Gasteiger partial charge in [0, 0.05) is 6.61 Å². The molecule has 0 amide bonds. The molecule has 0 aliphatic carbocycles. The number of hydrogen-bond donors (Lipinski definition) is 3. The van der Waals surface area contributed by atoms with Crippen molar-refractivity contribution in [1.82, 2.24) is 5.32 Å². The molecule has 5 nitrogen and oxygen atoms in total. The minimum Gasteiger partial charge on any atom is -0.396 e. The van der Waals surface area contributed by atoms with Crippen molar-refractivity contribution in [1.29, 1.82) is 0 Å². The van der Waals surface area contributed by atoms with Gasteiger partial charge < -0.3 is 19.7 Å². The maximum absolute atomic E-state index is 10.4. The molecule has 1 aliphatic heterocycles. The van der Waals surface area contributed by atoms with Crippen LogP contribution in [0.3, 0.4) is 0 Å². The monoisotopic (exact) mass is 175 g/mol. The van der Waals surface area contributed by atoms with Crippen LogP contribution in [0.2, 0.25) is 0 Å². The van der Waals surface area contributed by atoms with Crippen LogP contribution in [-0.2, 0) is 9.53 Å². The van der Waals surface area contributed by atoms with E-state index in [1.54, 1.807) is 0 Å². The Morgan fingerprint density at radius 2 is 2.42 bits per heavy atom. The molecule has 0 spiro atoms. The smallest absolute Gasteiger partial charge is 0.139 e. The quantitative estimate of drug-likeness (QED) is 0.443. The molecular weight excluding hydrogens is 162 g/mol. The summed E-state index contributed by atoms with van der Waals surface area (Å²) in [6, 6.07) is -0.574. The zero-order chi connectivity index (χ0) is 8.97. The van der Waals surface area contributed by atoms with Crippen molar-refractivity contribution in [3.8, 4) is 0 Å². The van der Waals surface area contributed by atoms with Crippen molar-refractivity contribution >= 4 is 6.29 Å². The van der Waals surface area contributed by atoms with Crippen LogP contribution in [0.1, 0.15) is 6.42 Å². The zero-order valence-electron chi connectivity index (χ0n) is 6.64. The summed E-state index contributed by atoms with van der Waals surface area (Å²) in [5, 5.41) is 20.7. The van der Waals surface area contributed by atoms with E-state index >= 15 is 0 Å². The second-order valence-electron chi connectivity index (χ2n) is 2.72. The van der Waals surface area contributed by atoms with Gasteiger partial charge in [0.2, 0.25) is 0 Å². The number of nitrogens with one attached hydrogen (secondary N) is 1. The summed E-state index contributed by atoms with van der Waals surface area (Å²) < 4.78 is 5.08. The Bertz CT molecular complexity index is 150. The Morgan fingerprint density at radius 3 is 3.00 bits per heavy atom. The first-order chi connectivity index (χ1) is 5.79. The van der Waals surface area contributed by atoms with Crippen molar-refractivity contribution in [2.24, 2.45) is 0 Å². The molecule has 3 N–H and O–H groups in total. The summed E-state index contributed by atoms with van der Waals surface area (Å²) in [6.07, 6.45) is -0.292. The van der Waals surface area contributed by atoms with Crippen LogP contribution < -0.4 is 5.32 Å². The molecule has 1 aliphatic rings. The Hall–Kier alpha value is -0.490. The fraction of sp³-hybridized carbons (Fsp3) is 0.857. The standard InChI is InChI=1S/C7H13NO4/c9-2-1-6-7(11)5(3-10)8-4-12-6/h3,5-9,11H,1-2,4H2/t5-,6+,7+/m0/s1. The Morgan fingerprint density at radius 1 is 1.67 bits per heavy atom.